The summed E-state index contributed by atoms with van der Waals surface area (Å²) in [5, 5.41) is -0.792. The van der Waals surface area contributed by atoms with Gasteiger partial charge in [0.15, 0.2) is 24.8 Å². The Morgan fingerprint density at radius 1 is 0.846 bits per heavy atom. The maximum absolute atomic E-state index is 11.3. The van der Waals surface area contributed by atoms with Crippen LogP contribution in [0.3, 0.4) is 0 Å². The monoisotopic (exact) mass is 218 g/mol. The molecule has 0 N–H and O–H groups in total. The molecule has 0 spiro atoms. The van der Waals surface area contributed by atoms with E-state index in [2.05, 4.69) is 0 Å². The molecule has 0 saturated heterocycles. The quantitative estimate of drug-likeness (QED) is 0.624. The Morgan fingerprint density at radius 3 is 1.62 bits per heavy atom. The maximum atomic E-state index is 11.3. The van der Waals surface area contributed by atoms with Crippen LogP contribution >= 0.6 is 0 Å². The topological polar surface area (TPSA) is 68.3 Å². The molecule has 0 unspecified atom stereocenters. The molecule has 1 aromatic carbocycles. The van der Waals surface area contributed by atoms with E-state index in [0.29, 0.717) is 0 Å². The van der Waals surface area contributed by atoms with E-state index in [-0.39, 0.29) is 9.79 Å². The van der Waals surface area contributed by atoms with Crippen molar-refractivity contribution in [2.45, 2.75) is 9.79 Å². The number of fused-ring (bicyclic) bond motifs is 1. The summed E-state index contributed by atoms with van der Waals surface area (Å²) in [6, 6.07) is 5.65. The minimum atomic E-state index is -3.60. The van der Waals surface area contributed by atoms with Crippen molar-refractivity contribution in [3.63, 3.8) is 0 Å². The van der Waals surface area contributed by atoms with Crippen molar-refractivity contribution >= 4 is 19.7 Å². The van der Waals surface area contributed by atoms with Gasteiger partial charge in [-0.3, -0.25) is 0 Å². The normalized spacial score (nSPS) is 22.5. The minimum absolute atomic E-state index is 0.0741. The lowest BCUT2D eigenvalue weighted by Crippen LogP contribution is -2.04. The van der Waals surface area contributed by atoms with Crippen molar-refractivity contribution in [1.82, 2.24) is 0 Å². The van der Waals surface area contributed by atoms with Crippen molar-refractivity contribution in [1.29, 1.82) is 0 Å². The Labute approximate surface area is 76.0 Å². The van der Waals surface area contributed by atoms with Gasteiger partial charge in [0.2, 0.25) is 0 Å². The Morgan fingerprint density at radius 2 is 1.23 bits per heavy atom. The Kier molecular flexibility index (Phi) is 1.56. The smallest absolute Gasteiger partial charge is 0.194 e. The summed E-state index contributed by atoms with van der Waals surface area (Å²) in [6.07, 6.45) is 0. The first-order valence-corrected chi connectivity index (χ1v) is 6.78. The van der Waals surface area contributed by atoms with Gasteiger partial charge in [0, 0.05) is 0 Å². The van der Waals surface area contributed by atoms with Gasteiger partial charge in [-0.1, -0.05) is 12.1 Å². The molecule has 0 bridgehead atoms. The molecule has 2 rings (SSSR count). The van der Waals surface area contributed by atoms with E-state index < -0.39 is 24.8 Å². The molecule has 0 aliphatic carbocycles. The standard InChI is InChI=1S/C7H6O4S2/c8-12(9)5-13(10,11)7-4-2-1-3-6(7)12/h1-4H,5H2. The molecule has 4 nitrogen and oxygen atoms in total. The summed E-state index contributed by atoms with van der Waals surface area (Å²) in [6.45, 7) is 0. The van der Waals surface area contributed by atoms with E-state index in [4.69, 9.17) is 0 Å². The minimum Gasteiger partial charge on any atom is -0.223 e. The lowest BCUT2D eigenvalue weighted by molar-refractivity contribution is 0.598. The van der Waals surface area contributed by atoms with Crippen LogP contribution in [0, 0.1) is 0 Å². The van der Waals surface area contributed by atoms with Gasteiger partial charge in [0.25, 0.3) is 0 Å². The molecule has 13 heavy (non-hydrogen) atoms. The predicted molar refractivity (Wildman–Crippen MR) is 45.7 cm³/mol. The third-order valence-electron chi connectivity index (χ3n) is 1.83. The van der Waals surface area contributed by atoms with Crippen LogP contribution in [0.2, 0.25) is 0 Å². The molecule has 1 aliphatic rings. The molecular formula is C7H6O4S2. The van der Waals surface area contributed by atoms with Gasteiger partial charge in [0.05, 0.1) is 9.79 Å². The van der Waals surface area contributed by atoms with E-state index in [1.807, 2.05) is 0 Å². The van der Waals surface area contributed by atoms with Crippen LogP contribution in [0.15, 0.2) is 34.1 Å². The maximum Gasteiger partial charge on any atom is 0.194 e. The Bertz CT molecular complexity index is 503. The summed E-state index contributed by atoms with van der Waals surface area (Å²) in [5.74, 6) is 0. The second-order valence-electron chi connectivity index (χ2n) is 2.79. The van der Waals surface area contributed by atoms with Gasteiger partial charge >= 0.3 is 0 Å². The molecule has 0 amide bonds. The highest BCUT2D eigenvalue weighted by molar-refractivity contribution is 8.10. The molecular weight excluding hydrogens is 212 g/mol. The average Bonchev–Trinajstić information content (AvgIpc) is 2.20. The molecule has 0 saturated carbocycles. The van der Waals surface area contributed by atoms with Gasteiger partial charge in [-0.2, -0.15) is 0 Å². The largest absolute Gasteiger partial charge is 0.223 e. The third kappa shape index (κ3) is 1.17. The molecule has 0 radical (unpaired) electrons. The number of sulfone groups is 2. The molecule has 0 atom stereocenters. The third-order valence-corrected chi connectivity index (χ3v) is 6.49. The highest BCUT2D eigenvalue weighted by Gasteiger charge is 2.37. The first kappa shape index (κ1) is 8.71. The van der Waals surface area contributed by atoms with Crippen molar-refractivity contribution in [3.8, 4) is 0 Å². The summed E-state index contributed by atoms with van der Waals surface area (Å²) in [7, 11) is -7.20. The molecule has 1 aliphatic heterocycles. The first-order chi connectivity index (χ1) is 5.93. The van der Waals surface area contributed by atoms with E-state index >= 15 is 0 Å². The van der Waals surface area contributed by atoms with E-state index in [0.717, 1.165) is 0 Å². The fourth-order valence-corrected chi connectivity index (χ4v) is 6.03. The van der Waals surface area contributed by atoms with Gasteiger partial charge in [0.1, 0.15) is 0 Å². The van der Waals surface area contributed by atoms with Crippen LogP contribution in [-0.4, -0.2) is 21.9 Å². The summed E-state index contributed by atoms with van der Waals surface area (Å²) >= 11 is 0. The fourth-order valence-electron chi connectivity index (χ4n) is 1.30. The van der Waals surface area contributed by atoms with Crippen LogP contribution in [-0.2, 0) is 19.7 Å². The van der Waals surface area contributed by atoms with Crippen LogP contribution < -0.4 is 0 Å². The average molecular weight is 218 g/mol. The number of benzene rings is 1. The van der Waals surface area contributed by atoms with E-state index in [1.54, 1.807) is 0 Å². The second kappa shape index (κ2) is 2.33. The molecule has 1 aromatic rings. The van der Waals surface area contributed by atoms with Gasteiger partial charge in [-0.25, -0.2) is 16.8 Å². The van der Waals surface area contributed by atoms with E-state index in [1.165, 1.54) is 24.3 Å². The molecule has 0 aromatic heterocycles. The first-order valence-electron chi connectivity index (χ1n) is 3.48. The van der Waals surface area contributed by atoms with Crippen LogP contribution in [0.1, 0.15) is 0 Å². The van der Waals surface area contributed by atoms with Crippen LogP contribution in [0.25, 0.3) is 0 Å². The van der Waals surface area contributed by atoms with Gasteiger partial charge < -0.3 is 0 Å². The van der Waals surface area contributed by atoms with Crippen LogP contribution in [0.5, 0.6) is 0 Å². The number of hydrogen-bond acceptors (Lipinski definition) is 4. The number of hydrogen-bond donors (Lipinski definition) is 0. The zero-order chi connectivity index (χ0) is 9.69. The van der Waals surface area contributed by atoms with Gasteiger partial charge in [-0.15, -0.1) is 0 Å². The van der Waals surface area contributed by atoms with Crippen molar-refractivity contribution < 1.29 is 16.8 Å². The second-order valence-corrected chi connectivity index (χ2v) is 7.08. The SMILES string of the molecule is O=S1(=O)CS(=O)(=O)c2ccccc21. The lowest BCUT2D eigenvalue weighted by Gasteiger charge is -1.92. The molecule has 6 heteroatoms. The van der Waals surface area contributed by atoms with E-state index in [9.17, 15) is 16.8 Å². The highest BCUT2D eigenvalue weighted by atomic mass is 32.3. The number of rotatable bonds is 0. The lowest BCUT2D eigenvalue weighted by atomic mass is 10.4. The van der Waals surface area contributed by atoms with Crippen molar-refractivity contribution in [3.05, 3.63) is 24.3 Å². The zero-order valence-electron chi connectivity index (χ0n) is 6.47. The molecule has 1 heterocycles. The Balaban J connectivity index is 2.95. The highest BCUT2D eigenvalue weighted by Crippen LogP contribution is 2.31. The molecule has 0 fully saturated rings. The van der Waals surface area contributed by atoms with Crippen molar-refractivity contribution in [2.24, 2.45) is 0 Å². The van der Waals surface area contributed by atoms with Crippen molar-refractivity contribution in [2.75, 3.05) is 5.08 Å². The zero-order valence-corrected chi connectivity index (χ0v) is 8.10. The van der Waals surface area contributed by atoms with Gasteiger partial charge in [-0.05, 0) is 12.1 Å². The predicted octanol–water partition coefficient (Wildman–Crippen LogP) is 0.205. The molecule has 70 valence electrons. The summed E-state index contributed by atoms with van der Waals surface area (Å²) < 4.78 is 45.2. The summed E-state index contributed by atoms with van der Waals surface area (Å²) in [5.41, 5.74) is 0. The Hall–Kier alpha value is -0.880. The fraction of sp³-hybridized carbons (Fsp3) is 0.143. The van der Waals surface area contributed by atoms with Crippen LogP contribution in [0.4, 0.5) is 0 Å². The summed E-state index contributed by atoms with van der Waals surface area (Å²) in [4.78, 5) is -0.148.